The van der Waals surface area contributed by atoms with E-state index in [1.807, 2.05) is 12.1 Å². The number of hydrogen-bond acceptors (Lipinski definition) is 3. The van der Waals surface area contributed by atoms with Gasteiger partial charge in [-0.25, -0.2) is 0 Å². The van der Waals surface area contributed by atoms with Crippen molar-refractivity contribution in [1.29, 1.82) is 0 Å². The molecule has 0 fully saturated rings. The molecule has 3 N–H and O–H groups in total. The summed E-state index contributed by atoms with van der Waals surface area (Å²) in [7, 11) is 0. The Kier molecular flexibility index (Phi) is 4.82. The molecule has 1 unspecified atom stereocenters. The Balaban J connectivity index is 1.60. The van der Waals surface area contributed by atoms with E-state index in [1.54, 1.807) is 36.5 Å². The highest BCUT2D eigenvalue weighted by Gasteiger charge is 2.22. The number of benzene rings is 2. The van der Waals surface area contributed by atoms with Crippen LogP contribution in [-0.2, 0) is 6.42 Å². The molecule has 0 bridgehead atoms. The second-order valence-electron chi connectivity index (χ2n) is 6.78. The van der Waals surface area contributed by atoms with Crippen LogP contribution in [0.15, 0.2) is 60.8 Å². The Bertz CT molecular complexity index is 1000. The largest absolute Gasteiger partial charge is 0.398 e. The molecule has 136 valence electrons. The van der Waals surface area contributed by atoms with E-state index in [9.17, 15) is 4.79 Å². The van der Waals surface area contributed by atoms with Crippen LogP contribution < -0.4 is 11.1 Å². The number of hydrogen-bond donors (Lipinski definition) is 2. The smallest absolute Gasteiger partial charge is 0.251 e. The number of nitrogens with zero attached hydrogens (tertiary/aromatic N) is 1. The van der Waals surface area contributed by atoms with E-state index in [4.69, 9.17) is 17.3 Å². The fourth-order valence-corrected chi connectivity index (χ4v) is 3.79. The average molecular weight is 378 g/mol. The van der Waals surface area contributed by atoms with Gasteiger partial charge < -0.3 is 11.1 Å². The molecule has 0 aliphatic heterocycles. The van der Waals surface area contributed by atoms with Crippen molar-refractivity contribution in [1.82, 2.24) is 10.3 Å². The zero-order valence-corrected chi connectivity index (χ0v) is 15.5. The highest BCUT2D eigenvalue weighted by atomic mass is 35.5. The van der Waals surface area contributed by atoms with E-state index >= 15 is 0 Å². The number of halogens is 1. The average Bonchev–Trinajstić information content (AvgIpc) is 2.70. The van der Waals surface area contributed by atoms with Gasteiger partial charge in [0.15, 0.2) is 0 Å². The number of nitrogen functional groups attached to an aromatic ring is 1. The highest BCUT2D eigenvalue weighted by molar-refractivity contribution is 6.31. The van der Waals surface area contributed by atoms with Gasteiger partial charge in [-0.2, -0.15) is 0 Å². The van der Waals surface area contributed by atoms with Crippen molar-refractivity contribution in [2.24, 2.45) is 0 Å². The van der Waals surface area contributed by atoms with Gasteiger partial charge in [-0.15, -0.1) is 0 Å². The maximum absolute atomic E-state index is 12.9. The lowest BCUT2D eigenvalue weighted by Crippen LogP contribution is -2.31. The first kappa shape index (κ1) is 17.6. The summed E-state index contributed by atoms with van der Waals surface area (Å²) in [4.78, 5) is 17.2. The molecular formula is C22H20ClN3O. The van der Waals surface area contributed by atoms with Gasteiger partial charge in [0.1, 0.15) is 0 Å². The minimum absolute atomic E-state index is 0.0373. The van der Waals surface area contributed by atoms with Gasteiger partial charge in [0.05, 0.1) is 11.7 Å². The van der Waals surface area contributed by atoms with Crippen molar-refractivity contribution in [3.63, 3.8) is 0 Å². The molecule has 4 nitrogen and oxygen atoms in total. The van der Waals surface area contributed by atoms with Gasteiger partial charge in [0, 0.05) is 28.0 Å². The molecule has 1 aliphatic rings. The number of carbonyl (C=O) groups excluding carboxylic acids is 1. The van der Waals surface area contributed by atoms with Crippen LogP contribution in [0.4, 0.5) is 5.69 Å². The van der Waals surface area contributed by atoms with E-state index < -0.39 is 0 Å². The predicted octanol–water partition coefficient (Wildman–Crippen LogP) is 4.79. The van der Waals surface area contributed by atoms with Crippen LogP contribution in [0.2, 0.25) is 5.02 Å². The standard InChI is InChI=1S/C22H20ClN3O/c23-16-8-9-19(24)18(13-16)21-12-15(10-11-25-21)22(27)26-20-7-3-5-14-4-1-2-6-17(14)20/h1-2,4,6,8-13,20H,3,5,7,24H2,(H,26,27). The summed E-state index contributed by atoms with van der Waals surface area (Å²) in [6.45, 7) is 0. The van der Waals surface area contributed by atoms with E-state index in [0.717, 1.165) is 24.8 Å². The van der Waals surface area contributed by atoms with Crippen LogP contribution in [-0.4, -0.2) is 10.9 Å². The molecule has 0 spiro atoms. The van der Waals surface area contributed by atoms with Crippen molar-refractivity contribution in [3.05, 3.63) is 82.5 Å². The number of nitrogens with one attached hydrogen (secondary N) is 1. The van der Waals surface area contributed by atoms with Crippen molar-refractivity contribution in [2.75, 3.05) is 5.73 Å². The number of rotatable bonds is 3. The van der Waals surface area contributed by atoms with E-state index in [1.165, 1.54) is 11.1 Å². The van der Waals surface area contributed by atoms with Crippen LogP contribution in [0, 0.1) is 0 Å². The van der Waals surface area contributed by atoms with Crippen molar-refractivity contribution in [3.8, 4) is 11.3 Å². The Hall–Kier alpha value is -2.85. The van der Waals surface area contributed by atoms with Gasteiger partial charge in [0.2, 0.25) is 0 Å². The lowest BCUT2D eigenvalue weighted by molar-refractivity contribution is 0.0932. The Labute approximate surface area is 163 Å². The number of aromatic nitrogens is 1. The molecule has 3 aromatic rings. The van der Waals surface area contributed by atoms with Crippen molar-refractivity contribution in [2.45, 2.75) is 25.3 Å². The first-order valence-corrected chi connectivity index (χ1v) is 9.40. The molecule has 0 saturated heterocycles. The first-order valence-electron chi connectivity index (χ1n) is 9.02. The lowest BCUT2D eigenvalue weighted by Gasteiger charge is -2.26. The Morgan fingerprint density at radius 3 is 2.89 bits per heavy atom. The normalized spacial score (nSPS) is 15.8. The SMILES string of the molecule is Nc1ccc(Cl)cc1-c1cc(C(=O)NC2CCCc3ccccc32)ccn1. The third kappa shape index (κ3) is 3.67. The molecule has 1 amide bonds. The quantitative estimate of drug-likeness (QED) is 0.644. The molecule has 0 radical (unpaired) electrons. The van der Waals surface area contributed by atoms with Gasteiger partial charge >= 0.3 is 0 Å². The minimum atomic E-state index is -0.110. The number of nitrogens with two attached hydrogens (primary N) is 1. The molecule has 1 aromatic heterocycles. The summed E-state index contributed by atoms with van der Waals surface area (Å²) in [6.07, 6.45) is 4.71. The van der Waals surface area contributed by atoms with Gasteiger partial charge in [-0.3, -0.25) is 9.78 Å². The van der Waals surface area contributed by atoms with Crippen molar-refractivity contribution < 1.29 is 4.79 Å². The zero-order valence-electron chi connectivity index (χ0n) is 14.8. The summed E-state index contributed by atoms with van der Waals surface area (Å²) in [5.41, 5.74) is 11.1. The fourth-order valence-electron chi connectivity index (χ4n) is 3.61. The molecule has 27 heavy (non-hydrogen) atoms. The van der Waals surface area contributed by atoms with Crippen molar-refractivity contribution >= 4 is 23.2 Å². The molecule has 1 aliphatic carbocycles. The molecule has 1 atom stereocenters. The van der Waals surface area contributed by atoms with Gasteiger partial charge in [-0.1, -0.05) is 35.9 Å². The fraction of sp³-hybridized carbons (Fsp3) is 0.182. The van der Waals surface area contributed by atoms with E-state index in [0.29, 0.717) is 22.0 Å². The number of pyridine rings is 1. The van der Waals surface area contributed by atoms with E-state index in [2.05, 4.69) is 22.4 Å². The van der Waals surface area contributed by atoms with Gasteiger partial charge in [-0.05, 0) is 60.7 Å². The third-order valence-electron chi connectivity index (χ3n) is 4.99. The molecule has 2 aromatic carbocycles. The topological polar surface area (TPSA) is 68.0 Å². The van der Waals surface area contributed by atoms with Crippen LogP contribution in [0.5, 0.6) is 0 Å². The van der Waals surface area contributed by atoms with Crippen LogP contribution >= 0.6 is 11.6 Å². The zero-order chi connectivity index (χ0) is 18.8. The number of fused-ring (bicyclic) bond motifs is 1. The monoisotopic (exact) mass is 377 g/mol. The Morgan fingerprint density at radius 2 is 2.00 bits per heavy atom. The number of aryl methyl sites for hydroxylation is 1. The summed E-state index contributed by atoms with van der Waals surface area (Å²) in [5.74, 6) is -0.110. The number of amides is 1. The maximum atomic E-state index is 12.9. The van der Waals surface area contributed by atoms with Crippen LogP contribution in [0.1, 0.15) is 40.4 Å². The van der Waals surface area contributed by atoms with Crippen LogP contribution in [0.25, 0.3) is 11.3 Å². The molecule has 1 heterocycles. The third-order valence-corrected chi connectivity index (χ3v) is 5.22. The second kappa shape index (κ2) is 7.41. The van der Waals surface area contributed by atoms with E-state index in [-0.39, 0.29) is 11.9 Å². The summed E-state index contributed by atoms with van der Waals surface area (Å²) >= 11 is 6.08. The summed E-state index contributed by atoms with van der Waals surface area (Å²) in [5, 5.41) is 3.75. The first-order chi connectivity index (χ1) is 13.1. The van der Waals surface area contributed by atoms with Crippen LogP contribution in [0.3, 0.4) is 0 Å². The minimum Gasteiger partial charge on any atom is -0.398 e. The number of anilines is 1. The summed E-state index contributed by atoms with van der Waals surface area (Å²) < 4.78 is 0. The molecular weight excluding hydrogens is 358 g/mol. The molecule has 0 saturated carbocycles. The molecule has 5 heteroatoms. The molecule has 4 rings (SSSR count). The summed E-state index contributed by atoms with van der Waals surface area (Å²) in [6, 6.07) is 17.1. The maximum Gasteiger partial charge on any atom is 0.251 e. The highest BCUT2D eigenvalue weighted by Crippen LogP contribution is 2.30. The van der Waals surface area contributed by atoms with Gasteiger partial charge in [0.25, 0.3) is 5.91 Å². The lowest BCUT2D eigenvalue weighted by atomic mass is 9.87. The Morgan fingerprint density at radius 1 is 1.15 bits per heavy atom. The number of carbonyl (C=O) groups is 1. The predicted molar refractivity (Wildman–Crippen MR) is 109 cm³/mol. The second-order valence-corrected chi connectivity index (χ2v) is 7.21.